The van der Waals surface area contributed by atoms with Crippen LogP contribution >= 0.6 is 0 Å². The van der Waals surface area contributed by atoms with Gasteiger partial charge in [0.25, 0.3) is 0 Å². The van der Waals surface area contributed by atoms with E-state index in [4.69, 9.17) is 0 Å². The largest absolute Gasteiger partial charge is 0.319 e. The highest BCUT2D eigenvalue weighted by Crippen LogP contribution is 2.36. The van der Waals surface area contributed by atoms with Crippen LogP contribution in [0.5, 0.6) is 0 Å². The highest BCUT2D eigenvalue weighted by atomic mass is 16.2. The lowest BCUT2D eigenvalue weighted by Crippen LogP contribution is -2.42. The molecule has 114 valence electrons. The van der Waals surface area contributed by atoms with Crippen molar-refractivity contribution in [1.82, 2.24) is 10.2 Å². The molecule has 0 spiro atoms. The number of carbonyl (C=O) groups excluding carboxylic acids is 1. The van der Waals surface area contributed by atoms with Gasteiger partial charge in [-0.3, -0.25) is 10.1 Å². The predicted molar refractivity (Wildman–Crippen MR) is 84.7 cm³/mol. The predicted octanol–water partition coefficient (Wildman–Crippen LogP) is 3.47. The second-order valence-electron chi connectivity index (χ2n) is 6.54. The molecular formula is C18H26N2O. The molecule has 3 rings (SSSR count). The monoisotopic (exact) mass is 286 g/mol. The molecule has 1 N–H and O–H groups in total. The van der Waals surface area contributed by atoms with Gasteiger partial charge in [-0.1, -0.05) is 56.5 Å². The third kappa shape index (κ3) is 2.84. The number of amides is 1. The van der Waals surface area contributed by atoms with Crippen molar-refractivity contribution >= 4 is 5.91 Å². The fraction of sp³-hybridized carbons (Fsp3) is 0.611. The maximum absolute atomic E-state index is 12.6. The third-order valence-electron chi connectivity index (χ3n) is 5.15. The van der Waals surface area contributed by atoms with Crippen molar-refractivity contribution in [3.63, 3.8) is 0 Å². The van der Waals surface area contributed by atoms with Crippen LogP contribution in [0.3, 0.4) is 0 Å². The maximum Gasteiger partial charge on any atom is 0.241 e. The van der Waals surface area contributed by atoms with Crippen molar-refractivity contribution in [3.8, 4) is 0 Å². The van der Waals surface area contributed by atoms with Crippen molar-refractivity contribution < 1.29 is 4.79 Å². The second-order valence-corrected chi connectivity index (χ2v) is 6.54. The van der Waals surface area contributed by atoms with Gasteiger partial charge in [0.05, 0.1) is 6.04 Å². The van der Waals surface area contributed by atoms with E-state index in [0.29, 0.717) is 6.04 Å². The summed E-state index contributed by atoms with van der Waals surface area (Å²) in [5.74, 6) is 1.05. The Kier molecular flexibility index (Phi) is 4.29. The van der Waals surface area contributed by atoms with Crippen LogP contribution in [-0.4, -0.2) is 22.9 Å². The van der Waals surface area contributed by atoms with Gasteiger partial charge in [0.1, 0.15) is 6.17 Å². The number of rotatable bonds is 3. The molecule has 0 radical (unpaired) electrons. The second kappa shape index (κ2) is 6.18. The topological polar surface area (TPSA) is 32.3 Å². The molecule has 1 aromatic rings. The minimum Gasteiger partial charge on any atom is -0.319 e. The van der Waals surface area contributed by atoms with Crippen molar-refractivity contribution in [1.29, 1.82) is 0 Å². The Morgan fingerprint density at radius 3 is 2.71 bits per heavy atom. The maximum atomic E-state index is 12.6. The standard InChI is InChI=1S/C18H26N2O/c1-3-14-8-7-11-16(12-14)20-17(19-13(2)18(20)21)15-9-5-4-6-10-15/h4-6,9-10,13-14,16-17,19H,3,7-8,11-12H2,1-2H3. The molecule has 4 unspecified atom stereocenters. The summed E-state index contributed by atoms with van der Waals surface area (Å²) in [7, 11) is 0. The summed E-state index contributed by atoms with van der Waals surface area (Å²) in [5, 5.41) is 3.48. The molecule has 3 nitrogen and oxygen atoms in total. The van der Waals surface area contributed by atoms with Gasteiger partial charge in [-0.15, -0.1) is 0 Å². The summed E-state index contributed by atoms with van der Waals surface area (Å²) in [5.41, 5.74) is 1.20. The molecule has 0 aromatic heterocycles. The van der Waals surface area contributed by atoms with Gasteiger partial charge in [0.15, 0.2) is 0 Å². The first-order valence-electron chi connectivity index (χ1n) is 8.34. The van der Waals surface area contributed by atoms with E-state index in [1.54, 1.807) is 0 Å². The summed E-state index contributed by atoms with van der Waals surface area (Å²) in [4.78, 5) is 14.8. The fourth-order valence-electron chi connectivity index (χ4n) is 3.91. The Balaban J connectivity index is 1.84. The van der Waals surface area contributed by atoms with Gasteiger partial charge >= 0.3 is 0 Å². The molecule has 4 atom stereocenters. The number of hydrogen-bond acceptors (Lipinski definition) is 2. The Labute approximate surface area is 127 Å². The van der Waals surface area contributed by atoms with E-state index in [1.807, 2.05) is 13.0 Å². The zero-order valence-corrected chi connectivity index (χ0v) is 13.1. The molecule has 1 saturated carbocycles. The smallest absolute Gasteiger partial charge is 0.241 e. The molecule has 21 heavy (non-hydrogen) atoms. The van der Waals surface area contributed by atoms with Crippen LogP contribution in [-0.2, 0) is 4.79 Å². The number of hydrogen-bond donors (Lipinski definition) is 1. The summed E-state index contributed by atoms with van der Waals surface area (Å²) < 4.78 is 0. The Hall–Kier alpha value is -1.35. The van der Waals surface area contributed by atoms with Crippen LogP contribution < -0.4 is 5.32 Å². The lowest BCUT2D eigenvalue weighted by Gasteiger charge is -2.38. The van der Waals surface area contributed by atoms with Gasteiger partial charge in [-0.2, -0.15) is 0 Å². The Morgan fingerprint density at radius 1 is 1.24 bits per heavy atom. The van der Waals surface area contributed by atoms with Crippen LogP contribution in [0.15, 0.2) is 30.3 Å². The van der Waals surface area contributed by atoms with Gasteiger partial charge in [0, 0.05) is 6.04 Å². The number of nitrogens with one attached hydrogen (secondary N) is 1. The quantitative estimate of drug-likeness (QED) is 0.922. The van der Waals surface area contributed by atoms with Crippen molar-refractivity contribution in [2.45, 2.75) is 64.2 Å². The zero-order chi connectivity index (χ0) is 14.8. The zero-order valence-electron chi connectivity index (χ0n) is 13.1. The van der Waals surface area contributed by atoms with Gasteiger partial charge < -0.3 is 4.90 Å². The molecular weight excluding hydrogens is 260 g/mol. The minimum absolute atomic E-state index is 0.0503. The van der Waals surface area contributed by atoms with Crippen LogP contribution in [0.4, 0.5) is 0 Å². The average molecular weight is 286 g/mol. The highest BCUT2D eigenvalue weighted by Gasteiger charge is 2.42. The van der Waals surface area contributed by atoms with E-state index >= 15 is 0 Å². The molecule has 1 aliphatic carbocycles. The Bertz CT molecular complexity index is 487. The van der Waals surface area contributed by atoms with Crippen molar-refractivity contribution in [3.05, 3.63) is 35.9 Å². The first kappa shape index (κ1) is 14.6. The van der Waals surface area contributed by atoms with E-state index in [2.05, 4.69) is 41.4 Å². The lowest BCUT2D eigenvalue weighted by molar-refractivity contribution is -0.133. The van der Waals surface area contributed by atoms with Crippen LogP contribution in [0.2, 0.25) is 0 Å². The molecule has 1 saturated heterocycles. The van der Waals surface area contributed by atoms with Crippen LogP contribution in [0.25, 0.3) is 0 Å². The summed E-state index contributed by atoms with van der Waals surface area (Å²) in [6.07, 6.45) is 6.18. The van der Waals surface area contributed by atoms with Crippen LogP contribution in [0.1, 0.15) is 57.7 Å². The van der Waals surface area contributed by atoms with Gasteiger partial charge in [-0.05, 0) is 31.2 Å². The lowest BCUT2D eigenvalue weighted by atomic mass is 9.83. The Morgan fingerprint density at radius 2 is 2.00 bits per heavy atom. The molecule has 0 bridgehead atoms. The summed E-state index contributed by atoms with van der Waals surface area (Å²) >= 11 is 0. The van der Waals surface area contributed by atoms with Crippen molar-refractivity contribution in [2.75, 3.05) is 0 Å². The van der Waals surface area contributed by atoms with Crippen molar-refractivity contribution in [2.24, 2.45) is 5.92 Å². The number of nitrogens with zero attached hydrogens (tertiary/aromatic N) is 1. The average Bonchev–Trinajstić information content (AvgIpc) is 2.84. The van der Waals surface area contributed by atoms with Crippen LogP contribution in [0, 0.1) is 5.92 Å². The fourth-order valence-corrected chi connectivity index (χ4v) is 3.91. The number of benzene rings is 1. The molecule has 1 aliphatic heterocycles. The molecule has 3 heteroatoms. The highest BCUT2D eigenvalue weighted by molar-refractivity contribution is 5.84. The molecule has 1 heterocycles. The van der Waals surface area contributed by atoms with Gasteiger partial charge in [-0.25, -0.2) is 0 Å². The summed E-state index contributed by atoms with van der Waals surface area (Å²) in [6, 6.07) is 10.7. The molecule has 2 fully saturated rings. The van der Waals surface area contributed by atoms with E-state index in [1.165, 1.54) is 31.2 Å². The first-order valence-corrected chi connectivity index (χ1v) is 8.34. The van der Waals surface area contributed by atoms with Gasteiger partial charge in [0.2, 0.25) is 5.91 Å². The molecule has 1 aromatic carbocycles. The SMILES string of the molecule is CCC1CCCC(N2C(=O)C(C)NC2c2ccccc2)C1. The first-order chi connectivity index (χ1) is 10.2. The van der Waals surface area contributed by atoms with E-state index < -0.39 is 0 Å². The van der Waals surface area contributed by atoms with E-state index in [-0.39, 0.29) is 18.1 Å². The molecule has 2 aliphatic rings. The van der Waals surface area contributed by atoms with E-state index in [9.17, 15) is 4.79 Å². The third-order valence-corrected chi connectivity index (χ3v) is 5.15. The number of carbonyl (C=O) groups is 1. The minimum atomic E-state index is -0.0720. The van der Waals surface area contributed by atoms with E-state index in [0.717, 1.165) is 12.3 Å². The molecule has 1 amide bonds. The normalized spacial score (nSPS) is 33.4. The summed E-state index contributed by atoms with van der Waals surface area (Å²) in [6.45, 7) is 4.26.